The number of hydrogen-bond donors (Lipinski definition) is 3. The van der Waals surface area contributed by atoms with E-state index in [-0.39, 0.29) is 18.4 Å². The van der Waals surface area contributed by atoms with Crippen molar-refractivity contribution in [2.75, 3.05) is 23.8 Å². The Balaban J connectivity index is 1.69. The molecular formula is C28H31FN6O4. The molecule has 1 atom stereocenters. The van der Waals surface area contributed by atoms with Crippen LogP contribution >= 0.6 is 0 Å². The second kappa shape index (κ2) is 10.6. The third-order valence-corrected chi connectivity index (χ3v) is 6.31. The Morgan fingerprint density at radius 2 is 1.79 bits per heavy atom. The van der Waals surface area contributed by atoms with E-state index < -0.39 is 29.4 Å². The zero-order valence-corrected chi connectivity index (χ0v) is 22.2. The van der Waals surface area contributed by atoms with Crippen molar-refractivity contribution in [3.8, 4) is 17.0 Å². The highest BCUT2D eigenvalue weighted by molar-refractivity contribution is 5.88. The minimum Gasteiger partial charge on any atom is -0.507 e. The van der Waals surface area contributed by atoms with E-state index in [0.717, 1.165) is 10.5 Å². The Labute approximate surface area is 225 Å². The zero-order valence-electron chi connectivity index (χ0n) is 22.2. The van der Waals surface area contributed by atoms with Gasteiger partial charge in [0.25, 0.3) is 5.91 Å². The number of anilines is 2. The summed E-state index contributed by atoms with van der Waals surface area (Å²) in [6, 6.07) is 10.8. The average Bonchev–Trinajstić information content (AvgIpc) is 2.87. The predicted molar refractivity (Wildman–Crippen MR) is 145 cm³/mol. The van der Waals surface area contributed by atoms with Gasteiger partial charge in [0.15, 0.2) is 0 Å². The van der Waals surface area contributed by atoms with Gasteiger partial charge in [0.05, 0.1) is 12.4 Å². The molecule has 11 heteroatoms. The first-order chi connectivity index (χ1) is 18.3. The Kier molecular flexibility index (Phi) is 7.44. The molecule has 0 saturated heterocycles. The second-order valence-corrected chi connectivity index (χ2v) is 10.3. The van der Waals surface area contributed by atoms with Gasteiger partial charge in [0.1, 0.15) is 23.4 Å². The number of nitrogens with two attached hydrogens (primary N) is 1. The van der Waals surface area contributed by atoms with Gasteiger partial charge in [-0.15, -0.1) is 0 Å². The maximum absolute atomic E-state index is 13.9. The first kappa shape index (κ1) is 27.4. The van der Waals surface area contributed by atoms with E-state index in [1.165, 1.54) is 29.2 Å². The smallest absolute Gasteiger partial charge is 0.408 e. The average molecular weight is 535 g/mol. The molecule has 0 fully saturated rings. The molecule has 10 nitrogen and oxygen atoms in total. The molecule has 0 spiro atoms. The third kappa shape index (κ3) is 5.92. The van der Waals surface area contributed by atoms with E-state index in [9.17, 15) is 24.2 Å². The maximum atomic E-state index is 13.9. The van der Waals surface area contributed by atoms with Crippen LogP contribution in [0.15, 0.2) is 60.8 Å². The van der Waals surface area contributed by atoms with Crippen LogP contribution in [0.3, 0.4) is 0 Å². The summed E-state index contributed by atoms with van der Waals surface area (Å²) >= 11 is 0. The van der Waals surface area contributed by atoms with Crippen molar-refractivity contribution in [2.24, 2.45) is 0 Å². The zero-order chi connectivity index (χ0) is 28.5. The number of phenols is 1. The number of aromatic hydroxyl groups is 1. The van der Waals surface area contributed by atoms with Crippen LogP contribution in [0.2, 0.25) is 0 Å². The van der Waals surface area contributed by atoms with E-state index in [0.29, 0.717) is 29.2 Å². The van der Waals surface area contributed by atoms with E-state index in [2.05, 4.69) is 9.97 Å². The standard InChI is InChI=1S/C28H31FN6O4/c1-17-6-11-22(36)20(14-17)21-15-23(32-26(30)31-21)33-12-5-13-34(16-33)25(37)24(18-7-9-19(29)10-8-18)35(27(38)39)28(2,3)4/h5-11,13-15,24,36H,12,16H2,1-4H3,(H,38,39)(H2,30,31,32)/t24-/m1/s1. The molecule has 204 valence electrons. The number of phenolic OH excluding ortho intramolecular Hbond substituents is 1. The van der Waals surface area contributed by atoms with Gasteiger partial charge >= 0.3 is 6.09 Å². The fourth-order valence-corrected chi connectivity index (χ4v) is 4.50. The maximum Gasteiger partial charge on any atom is 0.408 e. The van der Waals surface area contributed by atoms with E-state index in [1.54, 1.807) is 62.2 Å². The number of hydrogen-bond acceptors (Lipinski definition) is 7. The van der Waals surface area contributed by atoms with E-state index in [1.807, 2.05) is 6.92 Å². The summed E-state index contributed by atoms with van der Waals surface area (Å²) < 4.78 is 13.7. The summed E-state index contributed by atoms with van der Waals surface area (Å²) in [4.78, 5) is 39.2. The lowest BCUT2D eigenvalue weighted by molar-refractivity contribution is -0.136. The van der Waals surface area contributed by atoms with Crippen LogP contribution in [0.25, 0.3) is 11.3 Å². The van der Waals surface area contributed by atoms with Gasteiger partial charge in [-0.3, -0.25) is 14.6 Å². The number of aryl methyl sites for hydroxylation is 1. The quantitative estimate of drug-likeness (QED) is 0.435. The van der Waals surface area contributed by atoms with Crippen LogP contribution in [-0.2, 0) is 4.79 Å². The molecule has 0 saturated carbocycles. The highest BCUT2D eigenvalue weighted by Crippen LogP contribution is 2.33. The molecule has 1 aliphatic heterocycles. The van der Waals surface area contributed by atoms with Crippen LogP contribution in [0.5, 0.6) is 5.75 Å². The molecule has 2 amide bonds. The van der Waals surface area contributed by atoms with Gasteiger partial charge in [-0.25, -0.2) is 14.2 Å². The predicted octanol–water partition coefficient (Wildman–Crippen LogP) is 4.52. The number of aromatic nitrogens is 2. The molecule has 39 heavy (non-hydrogen) atoms. The molecule has 0 radical (unpaired) electrons. The van der Waals surface area contributed by atoms with Crippen molar-refractivity contribution in [3.63, 3.8) is 0 Å². The minimum atomic E-state index is -1.28. The third-order valence-electron chi connectivity index (χ3n) is 6.31. The Morgan fingerprint density at radius 1 is 1.10 bits per heavy atom. The van der Waals surface area contributed by atoms with Crippen molar-refractivity contribution < 1.29 is 24.2 Å². The number of carbonyl (C=O) groups is 2. The highest BCUT2D eigenvalue weighted by Gasteiger charge is 2.41. The van der Waals surface area contributed by atoms with Gasteiger partial charge in [-0.05, 0) is 63.6 Å². The fourth-order valence-electron chi connectivity index (χ4n) is 4.50. The lowest BCUT2D eigenvalue weighted by Crippen LogP contribution is -2.53. The van der Waals surface area contributed by atoms with Crippen LogP contribution < -0.4 is 10.6 Å². The number of carbonyl (C=O) groups excluding carboxylic acids is 1. The summed E-state index contributed by atoms with van der Waals surface area (Å²) in [6.45, 7) is 7.39. The summed E-state index contributed by atoms with van der Waals surface area (Å²) in [6.07, 6.45) is 2.05. The van der Waals surface area contributed by atoms with Gasteiger partial charge in [-0.1, -0.05) is 23.8 Å². The Bertz CT molecular complexity index is 1420. The van der Waals surface area contributed by atoms with Crippen molar-refractivity contribution in [1.29, 1.82) is 0 Å². The van der Waals surface area contributed by atoms with Gasteiger partial charge < -0.3 is 20.8 Å². The van der Waals surface area contributed by atoms with E-state index >= 15 is 0 Å². The normalized spacial score (nSPS) is 14.3. The monoisotopic (exact) mass is 534 g/mol. The topological polar surface area (TPSA) is 136 Å². The summed E-state index contributed by atoms with van der Waals surface area (Å²) in [5.74, 6) is -0.561. The first-order valence-electron chi connectivity index (χ1n) is 12.3. The molecule has 0 unspecified atom stereocenters. The molecule has 4 rings (SSSR count). The van der Waals surface area contributed by atoms with Crippen LogP contribution in [0, 0.1) is 12.7 Å². The number of amides is 2. The van der Waals surface area contributed by atoms with Crippen LogP contribution in [-0.4, -0.2) is 60.7 Å². The molecule has 4 N–H and O–H groups in total. The summed E-state index contributed by atoms with van der Waals surface area (Å²) in [7, 11) is 0. The van der Waals surface area contributed by atoms with Crippen LogP contribution in [0.1, 0.15) is 37.9 Å². The van der Waals surface area contributed by atoms with Crippen molar-refractivity contribution >= 4 is 23.8 Å². The molecule has 2 heterocycles. The molecule has 1 aromatic heterocycles. The van der Waals surface area contributed by atoms with Crippen molar-refractivity contribution in [1.82, 2.24) is 19.8 Å². The minimum absolute atomic E-state index is 0.00944. The Morgan fingerprint density at radius 3 is 2.44 bits per heavy atom. The number of benzene rings is 2. The van der Waals surface area contributed by atoms with E-state index in [4.69, 9.17) is 5.73 Å². The molecule has 1 aliphatic rings. The van der Waals surface area contributed by atoms with Crippen molar-refractivity contribution in [3.05, 3.63) is 77.8 Å². The number of rotatable bonds is 5. The number of halogens is 1. The Hall–Kier alpha value is -4.67. The molecule has 3 aromatic rings. The SMILES string of the molecule is Cc1ccc(O)c(-c2cc(N3CC=CN(C(=O)[C@@H](c4ccc(F)cc4)N(C(=O)O)C(C)(C)C)C3)nc(N)n2)c1. The number of carboxylic acid groups (broad SMARTS) is 1. The second-order valence-electron chi connectivity index (χ2n) is 10.3. The molecule has 2 aromatic carbocycles. The molecule has 0 bridgehead atoms. The fraction of sp³-hybridized carbons (Fsp3) is 0.286. The molecule has 0 aliphatic carbocycles. The van der Waals surface area contributed by atoms with Crippen molar-refractivity contribution in [2.45, 2.75) is 39.3 Å². The van der Waals surface area contributed by atoms with Gasteiger partial charge in [0.2, 0.25) is 5.95 Å². The first-order valence-corrected chi connectivity index (χ1v) is 12.3. The summed E-state index contributed by atoms with van der Waals surface area (Å²) in [5, 5.41) is 20.5. The van der Waals surface area contributed by atoms with Crippen LogP contribution in [0.4, 0.5) is 21.0 Å². The largest absolute Gasteiger partial charge is 0.507 e. The lowest BCUT2D eigenvalue weighted by atomic mass is 9.97. The van der Waals surface area contributed by atoms with Gasteiger partial charge in [0, 0.05) is 29.9 Å². The number of nitrogens with zero attached hydrogens (tertiary/aromatic N) is 5. The molecular weight excluding hydrogens is 503 g/mol. The summed E-state index contributed by atoms with van der Waals surface area (Å²) in [5.41, 5.74) is 7.24. The van der Waals surface area contributed by atoms with Gasteiger partial charge in [-0.2, -0.15) is 4.98 Å². The number of nitrogen functional groups attached to an aromatic ring is 1. The highest BCUT2D eigenvalue weighted by atomic mass is 19.1. The lowest BCUT2D eigenvalue weighted by Gasteiger charge is -2.41.